The van der Waals surface area contributed by atoms with Gasteiger partial charge >= 0.3 is 0 Å². The van der Waals surface area contributed by atoms with E-state index in [1.54, 1.807) is 18.4 Å². The van der Waals surface area contributed by atoms with Crippen molar-refractivity contribution in [1.82, 2.24) is 4.98 Å². The Kier molecular flexibility index (Phi) is 3.57. The summed E-state index contributed by atoms with van der Waals surface area (Å²) in [4.78, 5) is 4.63. The zero-order valence-corrected chi connectivity index (χ0v) is 12.0. The molecule has 0 bridgehead atoms. The van der Waals surface area contributed by atoms with Crippen LogP contribution in [0.3, 0.4) is 0 Å². The van der Waals surface area contributed by atoms with E-state index in [2.05, 4.69) is 23.3 Å². The summed E-state index contributed by atoms with van der Waals surface area (Å²) in [5.41, 5.74) is 2.18. The molecule has 0 amide bonds. The van der Waals surface area contributed by atoms with Crippen LogP contribution < -0.4 is 10.1 Å². The lowest BCUT2D eigenvalue weighted by molar-refractivity contribution is 0.120. The van der Waals surface area contributed by atoms with Crippen molar-refractivity contribution in [2.45, 2.75) is 25.9 Å². The zero-order valence-electron chi connectivity index (χ0n) is 11.2. The molecule has 1 fully saturated rings. The summed E-state index contributed by atoms with van der Waals surface area (Å²) in [6.45, 7) is 3.82. The molecule has 19 heavy (non-hydrogen) atoms. The molecule has 1 N–H and O–H groups in total. The van der Waals surface area contributed by atoms with E-state index in [0.29, 0.717) is 6.10 Å². The van der Waals surface area contributed by atoms with Gasteiger partial charge in [-0.25, -0.2) is 4.98 Å². The quantitative estimate of drug-likeness (QED) is 0.932. The van der Waals surface area contributed by atoms with E-state index in [4.69, 9.17) is 9.47 Å². The third kappa shape index (κ3) is 2.53. The van der Waals surface area contributed by atoms with Crippen molar-refractivity contribution in [1.29, 1.82) is 0 Å². The predicted molar refractivity (Wildman–Crippen MR) is 78.4 cm³/mol. The van der Waals surface area contributed by atoms with Crippen LogP contribution in [0, 0.1) is 6.92 Å². The summed E-state index contributed by atoms with van der Waals surface area (Å²) in [6.07, 6.45) is 2.63. The summed E-state index contributed by atoms with van der Waals surface area (Å²) in [6, 6.07) is 4.05. The van der Waals surface area contributed by atoms with E-state index in [0.717, 1.165) is 36.0 Å². The monoisotopic (exact) mass is 278 g/mol. The summed E-state index contributed by atoms with van der Waals surface area (Å²) in [7, 11) is 1.68. The molecule has 2 heterocycles. The van der Waals surface area contributed by atoms with Crippen LogP contribution >= 0.6 is 11.3 Å². The van der Waals surface area contributed by atoms with Gasteiger partial charge < -0.3 is 14.8 Å². The summed E-state index contributed by atoms with van der Waals surface area (Å²) >= 11 is 1.68. The Morgan fingerprint density at radius 3 is 3.16 bits per heavy atom. The lowest BCUT2D eigenvalue weighted by Gasteiger charge is -2.08. The van der Waals surface area contributed by atoms with Gasteiger partial charge in [-0.15, -0.1) is 0 Å². The Hall–Kier alpha value is -1.33. The van der Waals surface area contributed by atoms with Gasteiger partial charge in [-0.1, -0.05) is 17.4 Å². The predicted octanol–water partition coefficient (Wildman–Crippen LogP) is 3.20. The number of fused-ring (bicyclic) bond motifs is 1. The Balaban J connectivity index is 1.82. The zero-order chi connectivity index (χ0) is 13.2. The smallest absolute Gasteiger partial charge is 0.184 e. The SMILES string of the molecule is COc1ccc(C)c2sc(NC[C@@H]3CCCO3)nc12. The van der Waals surface area contributed by atoms with E-state index in [1.807, 2.05) is 6.07 Å². The Bertz CT molecular complexity index is 576. The average Bonchev–Trinajstić information content (AvgIpc) is 3.06. The van der Waals surface area contributed by atoms with Gasteiger partial charge in [-0.2, -0.15) is 0 Å². The van der Waals surface area contributed by atoms with Crippen molar-refractivity contribution in [3.63, 3.8) is 0 Å². The number of benzene rings is 1. The molecule has 0 unspecified atom stereocenters. The molecule has 1 aliphatic rings. The van der Waals surface area contributed by atoms with E-state index < -0.39 is 0 Å². The number of anilines is 1. The second kappa shape index (κ2) is 5.35. The maximum Gasteiger partial charge on any atom is 0.184 e. The van der Waals surface area contributed by atoms with E-state index in [1.165, 1.54) is 16.7 Å². The van der Waals surface area contributed by atoms with E-state index in [-0.39, 0.29) is 0 Å². The molecule has 0 spiro atoms. The molecule has 1 atom stereocenters. The molecule has 1 aromatic carbocycles. The standard InChI is InChI=1S/C14H18N2O2S/c1-9-5-6-11(17-2)12-13(9)19-14(16-12)15-8-10-4-3-7-18-10/h5-6,10H,3-4,7-8H2,1-2H3,(H,15,16)/t10-/m0/s1. The molecule has 102 valence electrons. The lowest BCUT2D eigenvalue weighted by Crippen LogP contribution is -2.18. The van der Waals surface area contributed by atoms with Gasteiger partial charge in [0.15, 0.2) is 5.13 Å². The molecule has 1 saturated heterocycles. The molecule has 0 radical (unpaired) electrons. The van der Waals surface area contributed by atoms with Crippen molar-refractivity contribution >= 4 is 26.7 Å². The third-order valence-electron chi connectivity index (χ3n) is 3.43. The van der Waals surface area contributed by atoms with Crippen molar-refractivity contribution < 1.29 is 9.47 Å². The minimum absolute atomic E-state index is 0.329. The van der Waals surface area contributed by atoms with Crippen LogP contribution in [0.25, 0.3) is 10.2 Å². The number of nitrogens with zero attached hydrogens (tertiary/aromatic N) is 1. The first-order valence-electron chi connectivity index (χ1n) is 6.57. The maximum atomic E-state index is 5.61. The number of hydrogen-bond donors (Lipinski definition) is 1. The normalized spacial score (nSPS) is 18.9. The molecule has 1 aliphatic heterocycles. The second-order valence-electron chi connectivity index (χ2n) is 4.80. The van der Waals surface area contributed by atoms with Gasteiger partial charge in [0.05, 0.1) is 17.9 Å². The van der Waals surface area contributed by atoms with Gasteiger partial charge in [0.25, 0.3) is 0 Å². The van der Waals surface area contributed by atoms with Crippen LogP contribution in [0.1, 0.15) is 18.4 Å². The van der Waals surface area contributed by atoms with Crippen LogP contribution in [-0.2, 0) is 4.74 Å². The first-order valence-corrected chi connectivity index (χ1v) is 7.39. The molecule has 4 nitrogen and oxygen atoms in total. The summed E-state index contributed by atoms with van der Waals surface area (Å²) < 4.78 is 12.2. The third-order valence-corrected chi connectivity index (χ3v) is 4.58. The number of methoxy groups -OCH3 is 1. The molecule has 2 aromatic rings. The number of rotatable bonds is 4. The van der Waals surface area contributed by atoms with Crippen molar-refractivity contribution in [2.75, 3.05) is 25.6 Å². The van der Waals surface area contributed by atoms with Crippen LogP contribution in [-0.4, -0.2) is 31.3 Å². The number of hydrogen-bond acceptors (Lipinski definition) is 5. The Labute approximate surface area is 116 Å². The highest BCUT2D eigenvalue weighted by Gasteiger charge is 2.16. The van der Waals surface area contributed by atoms with Crippen molar-refractivity contribution in [3.8, 4) is 5.75 Å². The lowest BCUT2D eigenvalue weighted by atomic mass is 10.2. The first-order chi connectivity index (χ1) is 9.28. The number of nitrogens with one attached hydrogen (secondary N) is 1. The van der Waals surface area contributed by atoms with E-state index in [9.17, 15) is 0 Å². The largest absolute Gasteiger partial charge is 0.494 e. The topological polar surface area (TPSA) is 43.4 Å². The number of ether oxygens (including phenoxy) is 2. The molecule has 3 rings (SSSR count). The van der Waals surface area contributed by atoms with Crippen LogP contribution in [0.2, 0.25) is 0 Å². The summed E-state index contributed by atoms with van der Waals surface area (Å²) in [5, 5.41) is 4.32. The molecule has 1 aromatic heterocycles. The van der Waals surface area contributed by atoms with Crippen molar-refractivity contribution in [3.05, 3.63) is 17.7 Å². The highest BCUT2D eigenvalue weighted by atomic mass is 32.1. The van der Waals surface area contributed by atoms with E-state index >= 15 is 0 Å². The Morgan fingerprint density at radius 2 is 2.42 bits per heavy atom. The van der Waals surface area contributed by atoms with Gasteiger partial charge in [0.1, 0.15) is 11.3 Å². The van der Waals surface area contributed by atoms with Gasteiger partial charge in [0.2, 0.25) is 0 Å². The fraction of sp³-hybridized carbons (Fsp3) is 0.500. The molecule has 5 heteroatoms. The number of thiazole rings is 1. The van der Waals surface area contributed by atoms with Crippen LogP contribution in [0.15, 0.2) is 12.1 Å². The highest BCUT2D eigenvalue weighted by Crippen LogP contribution is 2.34. The van der Waals surface area contributed by atoms with Crippen LogP contribution in [0.5, 0.6) is 5.75 Å². The fourth-order valence-corrected chi connectivity index (χ4v) is 3.31. The molecular formula is C14H18N2O2S. The van der Waals surface area contributed by atoms with Crippen molar-refractivity contribution in [2.24, 2.45) is 0 Å². The maximum absolute atomic E-state index is 5.61. The fourth-order valence-electron chi connectivity index (χ4n) is 2.36. The minimum atomic E-state index is 0.329. The Morgan fingerprint density at radius 1 is 1.53 bits per heavy atom. The van der Waals surface area contributed by atoms with Crippen LogP contribution in [0.4, 0.5) is 5.13 Å². The minimum Gasteiger partial charge on any atom is -0.494 e. The summed E-state index contributed by atoms with van der Waals surface area (Å²) in [5.74, 6) is 0.835. The molecule has 0 saturated carbocycles. The molecule has 0 aliphatic carbocycles. The van der Waals surface area contributed by atoms with Gasteiger partial charge in [0, 0.05) is 13.2 Å². The first kappa shape index (κ1) is 12.7. The highest BCUT2D eigenvalue weighted by molar-refractivity contribution is 7.22. The number of aryl methyl sites for hydroxylation is 1. The average molecular weight is 278 g/mol. The van der Waals surface area contributed by atoms with Gasteiger partial charge in [-0.3, -0.25) is 0 Å². The molecular weight excluding hydrogens is 260 g/mol. The number of aromatic nitrogens is 1. The second-order valence-corrected chi connectivity index (χ2v) is 5.80. The van der Waals surface area contributed by atoms with Gasteiger partial charge in [-0.05, 0) is 31.4 Å².